The monoisotopic (exact) mass is 701 g/mol. The van der Waals surface area contributed by atoms with Gasteiger partial charge in [-0.15, -0.1) is 0 Å². The van der Waals surface area contributed by atoms with Crippen LogP contribution in [-0.4, -0.2) is 33.6 Å². The first-order valence-corrected chi connectivity index (χ1v) is 16.7. The van der Waals surface area contributed by atoms with Crippen LogP contribution in [0.5, 0.6) is 11.5 Å². The molecule has 2 atom stereocenters. The first-order valence-electron chi connectivity index (χ1n) is 16.7. The number of hydrogen-bond donors (Lipinski definition) is 3. The van der Waals surface area contributed by atoms with Crippen molar-refractivity contribution in [2.24, 2.45) is 5.92 Å². The van der Waals surface area contributed by atoms with E-state index in [0.717, 1.165) is 0 Å². The van der Waals surface area contributed by atoms with Crippen molar-refractivity contribution in [3.63, 3.8) is 0 Å². The van der Waals surface area contributed by atoms with Crippen molar-refractivity contribution in [2.75, 3.05) is 5.48 Å². The first-order chi connectivity index (χ1) is 24.5. The summed E-state index contributed by atoms with van der Waals surface area (Å²) in [5.41, 5.74) is 0.534. The number of ether oxygens (including phenoxy) is 2. The average molecular weight is 702 g/mol. The molecule has 1 heterocycles. The number of alkyl carbamates (subject to hydrolysis) is 1. The Morgan fingerprint density at radius 1 is 0.980 bits per heavy atom. The summed E-state index contributed by atoms with van der Waals surface area (Å²) in [7, 11) is 0. The number of alkyl halides is 1. The zero-order valence-corrected chi connectivity index (χ0v) is 28.7. The summed E-state index contributed by atoms with van der Waals surface area (Å²) in [6, 6.07) is 25.2. The lowest BCUT2D eigenvalue weighted by atomic mass is 9.85. The molecular weight excluding hydrogens is 660 g/mol. The third kappa shape index (κ3) is 8.06. The highest BCUT2D eigenvalue weighted by molar-refractivity contribution is 5.92. The molecule has 2 bridgehead atoms. The van der Waals surface area contributed by atoms with Crippen LogP contribution in [0, 0.1) is 11.7 Å². The van der Waals surface area contributed by atoms with E-state index in [4.69, 9.17) is 14.3 Å². The van der Waals surface area contributed by atoms with Crippen molar-refractivity contribution >= 4 is 23.7 Å². The quantitative estimate of drug-likeness (QED) is 0.136. The molecule has 0 spiro atoms. The van der Waals surface area contributed by atoms with Crippen molar-refractivity contribution in [3.8, 4) is 11.5 Å². The van der Waals surface area contributed by atoms with Gasteiger partial charge in [-0.1, -0.05) is 93.9 Å². The van der Waals surface area contributed by atoms with Gasteiger partial charge in [0.05, 0.1) is 0 Å². The minimum Gasteiger partial charge on any atom is -0.508 e. The second-order valence-electron chi connectivity index (χ2n) is 12.6. The summed E-state index contributed by atoms with van der Waals surface area (Å²) in [6.45, 7) is 4.72. The standard InChI is InChI=1S/C39H41F2N3O7/c1-4-5-20-34(46)44-38(41,30-16-11-18-32(22-30)49-25-28-14-9-17-31(45)21-28)23-29-15-10-19-33(35(29)40)43-51-36(47)39(44,26(2)3)42-37(48)50-24-27-12-7-6-8-13-27/h6-19,21-22,26,43,45H,4-5,20,23-25H2,1-3H3,(H,42,48)/t38?,39-/m1/s1. The van der Waals surface area contributed by atoms with Crippen LogP contribution < -0.4 is 15.5 Å². The minimum atomic E-state index is -2.98. The normalized spacial score (nSPS) is 18.7. The van der Waals surface area contributed by atoms with Gasteiger partial charge in [0.2, 0.25) is 17.4 Å². The van der Waals surface area contributed by atoms with Gasteiger partial charge >= 0.3 is 12.1 Å². The van der Waals surface area contributed by atoms with E-state index in [0.29, 0.717) is 28.9 Å². The van der Waals surface area contributed by atoms with Crippen LogP contribution in [0.25, 0.3) is 0 Å². The maximum atomic E-state index is 18.8. The van der Waals surface area contributed by atoms with Crippen molar-refractivity contribution in [1.82, 2.24) is 10.2 Å². The van der Waals surface area contributed by atoms with E-state index in [9.17, 15) is 19.5 Å². The number of anilines is 1. The summed E-state index contributed by atoms with van der Waals surface area (Å²) in [5.74, 6) is -6.78. The lowest BCUT2D eigenvalue weighted by Crippen LogP contribution is -2.74. The number of carbonyl (C=O) groups is 3. The predicted octanol–water partition coefficient (Wildman–Crippen LogP) is 7.66. The molecule has 1 unspecified atom stereocenters. The van der Waals surface area contributed by atoms with Crippen LogP contribution in [0.4, 0.5) is 19.3 Å². The van der Waals surface area contributed by atoms with Gasteiger partial charge in [0.15, 0.2) is 5.82 Å². The number of fused-ring (bicyclic) bond motifs is 2. The van der Waals surface area contributed by atoms with Crippen LogP contribution in [0.2, 0.25) is 0 Å². The molecule has 1 aliphatic rings. The SMILES string of the molecule is CCCCC(=O)N1C(F)(c2cccc(OCc3cccc(O)c3)c2)Cc2cccc(c2F)NOC(=O)[C@@]1(NC(=O)OCc1ccccc1)C(C)C. The number of rotatable bonds is 11. The predicted molar refractivity (Wildman–Crippen MR) is 185 cm³/mol. The van der Waals surface area contributed by atoms with Gasteiger partial charge in [0.25, 0.3) is 0 Å². The number of phenols is 1. The summed E-state index contributed by atoms with van der Waals surface area (Å²) < 4.78 is 46.2. The van der Waals surface area contributed by atoms with Crippen LogP contribution >= 0.6 is 0 Å². The Bertz CT molecular complexity index is 1860. The number of nitrogens with one attached hydrogen (secondary N) is 2. The Morgan fingerprint density at radius 3 is 2.43 bits per heavy atom. The number of unbranched alkanes of at least 4 members (excludes halogenated alkanes) is 1. The summed E-state index contributed by atoms with van der Waals surface area (Å²) >= 11 is 0. The second kappa shape index (κ2) is 15.9. The molecule has 4 aromatic rings. The average Bonchev–Trinajstić information content (AvgIpc) is 3.12. The first kappa shape index (κ1) is 36.6. The van der Waals surface area contributed by atoms with E-state index in [1.807, 2.05) is 6.92 Å². The molecule has 5 rings (SSSR count). The molecule has 10 nitrogen and oxygen atoms in total. The van der Waals surface area contributed by atoms with E-state index in [1.54, 1.807) is 48.5 Å². The van der Waals surface area contributed by atoms with Gasteiger partial charge in [0.1, 0.15) is 30.4 Å². The largest absolute Gasteiger partial charge is 0.508 e. The van der Waals surface area contributed by atoms with Crippen molar-refractivity contribution < 1.29 is 42.6 Å². The molecular formula is C39H41F2N3O7. The van der Waals surface area contributed by atoms with Crippen LogP contribution in [0.15, 0.2) is 97.1 Å². The second-order valence-corrected chi connectivity index (χ2v) is 12.6. The van der Waals surface area contributed by atoms with E-state index < -0.39 is 47.6 Å². The zero-order chi connectivity index (χ0) is 36.6. The van der Waals surface area contributed by atoms with Gasteiger partial charge in [-0.25, -0.2) is 23.9 Å². The molecule has 0 fully saturated rings. The Kier molecular flexibility index (Phi) is 11.4. The molecule has 0 aromatic heterocycles. The van der Waals surface area contributed by atoms with E-state index >= 15 is 8.78 Å². The fourth-order valence-electron chi connectivity index (χ4n) is 6.04. The van der Waals surface area contributed by atoms with E-state index in [-0.39, 0.29) is 47.9 Å². The lowest BCUT2D eigenvalue weighted by Gasteiger charge is -2.51. The lowest BCUT2D eigenvalue weighted by molar-refractivity contribution is -0.194. The number of carbonyl (C=O) groups excluding carboxylic acids is 3. The number of aromatic hydroxyl groups is 1. The number of benzene rings is 4. The summed E-state index contributed by atoms with van der Waals surface area (Å²) in [5, 5.41) is 12.4. The highest BCUT2D eigenvalue weighted by Gasteiger charge is 2.61. The van der Waals surface area contributed by atoms with Crippen molar-refractivity contribution in [3.05, 3.63) is 125 Å². The number of phenolic OH excluding ortho intramolecular Hbond substituents is 1. The molecule has 0 saturated heterocycles. The molecule has 0 aliphatic carbocycles. The Hall–Kier alpha value is -5.65. The molecule has 4 aromatic carbocycles. The number of halogens is 2. The van der Waals surface area contributed by atoms with Crippen molar-refractivity contribution in [2.45, 2.75) is 71.1 Å². The van der Waals surface area contributed by atoms with Gasteiger partial charge in [-0.05, 0) is 53.4 Å². The molecule has 3 N–H and O–H groups in total. The molecule has 51 heavy (non-hydrogen) atoms. The highest BCUT2D eigenvalue weighted by atomic mass is 19.1. The third-order valence-electron chi connectivity index (χ3n) is 8.70. The molecule has 0 radical (unpaired) electrons. The van der Waals surface area contributed by atoms with Crippen LogP contribution in [0.3, 0.4) is 0 Å². The molecule has 12 heteroatoms. The summed E-state index contributed by atoms with van der Waals surface area (Å²) in [6.07, 6.45) is -1.22. The van der Waals surface area contributed by atoms with Crippen LogP contribution in [-0.2, 0) is 44.6 Å². The Balaban J connectivity index is 1.67. The topological polar surface area (TPSA) is 126 Å². The fraction of sp³-hybridized carbons (Fsp3) is 0.308. The molecule has 1 aliphatic heterocycles. The number of nitrogens with zero attached hydrogens (tertiary/aromatic N) is 1. The van der Waals surface area contributed by atoms with Crippen LogP contribution in [0.1, 0.15) is 62.3 Å². The maximum absolute atomic E-state index is 18.8. The third-order valence-corrected chi connectivity index (χ3v) is 8.70. The number of amides is 2. The Morgan fingerprint density at radius 2 is 1.71 bits per heavy atom. The van der Waals surface area contributed by atoms with E-state index in [1.165, 1.54) is 62.4 Å². The Labute approximate surface area is 295 Å². The van der Waals surface area contributed by atoms with Gasteiger partial charge in [-0.2, -0.15) is 0 Å². The minimum absolute atomic E-state index is 0.00962. The van der Waals surface area contributed by atoms with Crippen molar-refractivity contribution in [1.29, 1.82) is 0 Å². The highest BCUT2D eigenvalue weighted by Crippen LogP contribution is 2.44. The number of hydrogen-bond acceptors (Lipinski definition) is 8. The van der Waals surface area contributed by atoms with Gasteiger partial charge < -0.3 is 19.4 Å². The molecule has 0 saturated carbocycles. The zero-order valence-electron chi connectivity index (χ0n) is 28.7. The molecule has 268 valence electrons. The van der Waals surface area contributed by atoms with Gasteiger partial charge in [0, 0.05) is 24.3 Å². The van der Waals surface area contributed by atoms with Gasteiger partial charge in [-0.3, -0.25) is 15.0 Å². The smallest absolute Gasteiger partial charge is 0.409 e. The molecule has 2 amide bonds. The van der Waals surface area contributed by atoms with E-state index in [2.05, 4.69) is 10.8 Å². The maximum Gasteiger partial charge on any atom is 0.409 e. The fourth-order valence-corrected chi connectivity index (χ4v) is 6.04. The summed E-state index contributed by atoms with van der Waals surface area (Å²) in [4.78, 5) is 48.6.